The van der Waals surface area contributed by atoms with Gasteiger partial charge in [0.15, 0.2) is 11.6 Å². The summed E-state index contributed by atoms with van der Waals surface area (Å²) < 4.78 is 19.1. The fourth-order valence-corrected chi connectivity index (χ4v) is 2.87. The maximum absolute atomic E-state index is 13.8. The molecule has 2 N–H and O–H groups in total. The van der Waals surface area contributed by atoms with Crippen molar-refractivity contribution >= 4 is 11.9 Å². The smallest absolute Gasteiger partial charge is 0.335 e. The zero-order valence-corrected chi connectivity index (χ0v) is 13.5. The maximum Gasteiger partial charge on any atom is 0.335 e. The van der Waals surface area contributed by atoms with Gasteiger partial charge in [-0.3, -0.25) is 4.79 Å². The number of hydrogen-bond donors (Lipinski definition) is 2. The molecule has 1 aliphatic rings. The van der Waals surface area contributed by atoms with Crippen molar-refractivity contribution in [2.45, 2.75) is 25.3 Å². The second-order valence-electron chi connectivity index (χ2n) is 5.92. The number of carbonyl (C=O) groups is 2. The summed E-state index contributed by atoms with van der Waals surface area (Å²) in [5.41, 5.74) is 1.76. The molecule has 1 heterocycles. The minimum Gasteiger partial charge on any atom is -0.490 e. The lowest BCUT2D eigenvalue weighted by atomic mass is 9.99. The van der Waals surface area contributed by atoms with Gasteiger partial charge < -0.3 is 15.2 Å². The molecule has 0 bridgehead atoms. The van der Waals surface area contributed by atoms with Gasteiger partial charge in [-0.25, -0.2) is 9.18 Å². The number of aryl methyl sites for hydroxylation is 1. The minimum atomic E-state index is -0.977. The largest absolute Gasteiger partial charge is 0.490 e. The van der Waals surface area contributed by atoms with E-state index in [4.69, 9.17) is 9.84 Å². The molecule has 25 heavy (non-hydrogen) atoms. The molecule has 1 amide bonds. The lowest BCUT2D eigenvalue weighted by molar-refractivity contribution is -0.122. The third-order valence-electron chi connectivity index (χ3n) is 4.20. The van der Waals surface area contributed by atoms with Gasteiger partial charge >= 0.3 is 5.97 Å². The summed E-state index contributed by atoms with van der Waals surface area (Å²) in [5.74, 6) is -1.32. The van der Waals surface area contributed by atoms with E-state index in [0.717, 1.165) is 5.56 Å². The standard InChI is InChI=1S/C19H18FNO4/c20-15-3-1-2-14-16(10-11-25-18(14)15)21-17(22)9-6-12-4-7-13(8-5-12)19(23)24/h1-5,7-8,16H,6,9-11H2,(H,21,22)(H,23,24)/t16-/m0/s1. The van der Waals surface area contributed by atoms with Crippen LogP contribution in [-0.2, 0) is 11.2 Å². The van der Waals surface area contributed by atoms with Crippen LogP contribution in [0.2, 0.25) is 0 Å². The third kappa shape index (κ3) is 3.96. The van der Waals surface area contributed by atoms with Crippen LogP contribution in [0, 0.1) is 5.82 Å². The molecule has 1 aliphatic heterocycles. The van der Waals surface area contributed by atoms with Crippen LogP contribution in [-0.4, -0.2) is 23.6 Å². The van der Waals surface area contributed by atoms with E-state index in [9.17, 15) is 14.0 Å². The Morgan fingerprint density at radius 1 is 1.20 bits per heavy atom. The Kier molecular flexibility index (Phi) is 4.97. The molecule has 2 aromatic carbocycles. The Morgan fingerprint density at radius 2 is 1.96 bits per heavy atom. The number of carbonyl (C=O) groups excluding carboxylic acids is 1. The Labute approximate surface area is 144 Å². The first-order valence-electron chi connectivity index (χ1n) is 8.07. The molecule has 130 valence electrons. The SMILES string of the molecule is O=C(CCc1ccc(C(=O)O)cc1)N[C@H]1CCOc2c(F)cccc21. The number of benzene rings is 2. The summed E-state index contributed by atoms with van der Waals surface area (Å²) >= 11 is 0. The predicted octanol–water partition coefficient (Wildman–Crippen LogP) is 3.10. The topological polar surface area (TPSA) is 75.6 Å². The van der Waals surface area contributed by atoms with Crippen LogP contribution in [0.1, 0.15) is 40.4 Å². The van der Waals surface area contributed by atoms with E-state index >= 15 is 0 Å². The minimum absolute atomic E-state index is 0.135. The predicted molar refractivity (Wildman–Crippen MR) is 89.1 cm³/mol. The number of halogens is 1. The van der Waals surface area contributed by atoms with E-state index in [0.29, 0.717) is 25.0 Å². The molecule has 0 aromatic heterocycles. The number of aromatic carboxylic acids is 1. The fourth-order valence-electron chi connectivity index (χ4n) is 2.87. The molecule has 0 radical (unpaired) electrons. The van der Waals surface area contributed by atoms with Crippen LogP contribution in [0.25, 0.3) is 0 Å². The van der Waals surface area contributed by atoms with E-state index < -0.39 is 11.8 Å². The summed E-state index contributed by atoms with van der Waals surface area (Å²) in [7, 11) is 0. The van der Waals surface area contributed by atoms with Crippen molar-refractivity contribution in [2.24, 2.45) is 0 Å². The fraction of sp³-hybridized carbons (Fsp3) is 0.263. The van der Waals surface area contributed by atoms with Crippen molar-refractivity contribution in [2.75, 3.05) is 6.61 Å². The normalized spacial score (nSPS) is 15.8. The molecule has 6 heteroatoms. The van der Waals surface area contributed by atoms with Gasteiger partial charge in [0.2, 0.25) is 5.91 Å². The Bertz CT molecular complexity index is 789. The maximum atomic E-state index is 13.8. The molecule has 0 saturated heterocycles. The average molecular weight is 343 g/mol. The van der Waals surface area contributed by atoms with Gasteiger partial charge in [-0.15, -0.1) is 0 Å². The van der Waals surface area contributed by atoms with Crippen LogP contribution in [0.5, 0.6) is 5.75 Å². The molecule has 1 atom stereocenters. The summed E-state index contributed by atoms with van der Waals surface area (Å²) in [4.78, 5) is 23.0. The molecule has 0 unspecified atom stereocenters. The Balaban J connectivity index is 1.59. The van der Waals surface area contributed by atoms with Gasteiger partial charge in [-0.05, 0) is 30.2 Å². The number of para-hydroxylation sites is 1. The van der Waals surface area contributed by atoms with Gasteiger partial charge in [0.1, 0.15) is 0 Å². The second kappa shape index (κ2) is 7.34. The zero-order valence-electron chi connectivity index (χ0n) is 13.5. The Morgan fingerprint density at radius 3 is 2.68 bits per heavy atom. The highest BCUT2D eigenvalue weighted by Gasteiger charge is 2.25. The van der Waals surface area contributed by atoms with Crippen LogP contribution >= 0.6 is 0 Å². The first-order chi connectivity index (χ1) is 12.0. The second-order valence-corrected chi connectivity index (χ2v) is 5.92. The molecule has 2 aromatic rings. The molecule has 0 saturated carbocycles. The number of rotatable bonds is 5. The van der Waals surface area contributed by atoms with E-state index in [1.54, 1.807) is 24.3 Å². The number of fused-ring (bicyclic) bond motifs is 1. The van der Waals surface area contributed by atoms with Gasteiger partial charge in [-0.1, -0.05) is 24.3 Å². The van der Waals surface area contributed by atoms with Crippen molar-refractivity contribution in [3.05, 3.63) is 65.0 Å². The van der Waals surface area contributed by atoms with E-state index in [-0.39, 0.29) is 29.7 Å². The van der Waals surface area contributed by atoms with Crippen LogP contribution in [0.4, 0.5) is 4.39 Å². The average Bonchev–Trinajstić information content (AvgIpc) is 2.61. The summed E-state index contributed by atoms with van der Waals surface area (Å²) in [6.07, 6.45) is 1.37. The van der Waals surface area contributed by atoms with E-state index in [1.165, 1.54) is 18.2 Å². The first-order valence-corrected chi connectivity index (χ1v) is 8.07. The molecule has 0 spiro atoms. The monoisotopic (exact) mass is 343 g/mol. The van der Waals surface area contributed by atoms with Crippen molar-refractivity contribution in [1.82, 2.24) is 5.32 Å². The van der Waals surface area contributed by atoms with Crippen LogP contribution in [0.15, 0.2) is 42.5 Å². The zero-order chi connectivity index (χ0) is 17.8. The van der Waals surface area contributed by atoms with Gasteiger partial charge in [0, 0.05) is 18.4 Å². The highest BCUT2D eigenvalue weighted by atomic mass is 19.1. The van der Waals surface area contributed by atoms with Crippen molar-refractivity contribution in [3.63, 3.8) is 0 Å². The summed E-state index contributed by atoms with van der Waals surface area (Å²) in [5, 5.41) is 11.8. The highest BCUT2D eigenvalue weighted by Crippen LogP contribution is 2.34. The summed E-state index contributed by atoms with van der Waals surface area (Å²) in [6.45, 7) is 0.357. The van der Waals surface area contributed by atoms with Crippen molar-refractivity contribution in [1.29, 1.82) is 0 Å². The van der Waals surface area contributed by atoms with E-state index in [1.807, 2.05) is 0 Å². The molecular weight excluding hydrogens is 325 g/mol. The number of amides is 1. The number of hydrogen-bond acceptors (Lipinski definition) is 3. The quantitative estimate of drug-likeness (QED) is 0.875. The van der Waals surface area contributed by atoms with Crippen LogP contribution < -0.4 is 10.1 Å². The molecule has 3 rings (SSSR count). The van der Waals surface area contributed by atoms with E-state index in [2.05, 4.69) is 5.32 Å². The molecule has 5 nitrogen and oxygen atoms in total. The number of ether oxygens (including phenoxy) is 1. The van der Waals surface area contributed by atoms with Crippen molar-refractivity contribution in [3.8, 4) is 5.75 Å². The lowest BCUT2D eigenvalue weighted by Crippen LogP contribution is -2.32. The van der Waals surface area contributed by atoms with Gasteiger partial charge in [0.25, 0.3) is 0 Å². The van der Waals surface area contributed by atoms with Gasteiger partial charge in [-0.2, -0.15) is 0 Å². The summed E-state index contributed by atoms with van der Waals surface area (Å²) in [6, 6.07) is 10.9. The molecule has 0 fully saturated rings. The number of carboxylic acids is 1. The highest BCUT2D eigenvalue weighted by molar-refractivity contribution is 5.87. The van der Waals surface area contributed by atoms with Gasteiger partial charge in [0.05, 0.1) is 18.2 Å². The number of carboxylic acid groups (broad SMARTS) is 1. The first kappa shape index (κ1) is 17.0. The lowest BCUT2D eigenvalue weighted by Gasteiger charge is -2.27. The van der Waals surface area contributed by atoms with Crippen LogP contribution in [0.3, 0.4) is 0 Å². The third-order valence-corrected chi connectivity index (χ3v) is 4.20. The molecular formula is C19H18FNO4. The van der Waals surface area contributed by atoms with Crippen molar-refractivity contribution < 1.29 is 23.8 Å². The Hall–Kier alpha value is -2.89. The number of nitrogens with one attached hydrogen (secondary N) is 1. The molecule has 0 aliphatic carbocycles.